The van der Waals surface area contributed by atoms with Crippen LogP contribution in [0.15, 0.2) is 23.6 Å². The van der Waals surface area contributed by atoms with Gasteiger partial charge in [-0.2, -0.15) is 0 Å². The van der Waals surface area contributed by atoms with Crippen LogP contribution in [0.4, 0.5) is 0 Å². The van der Waals surface area contributed by atoms with Gasteiger partial charge in [0.15, 0.2) is 0 Å². The average molecular weight is 303 g/mol. The summed E-state index contributed by atoms with van der Waals surface area (Å²) < 4.78 is 1.35. The fourth-order valence-electron chi connectivity index (χ4n) is 2.51. The van der Waals surface area contributed by atoms with Crippen molar-refractivity contribution in [3.63, 3.8) is 0 Å². The number of thiophene rings is 1. The van der Waals surface area contributed by atoms with Crippen LogP contribution in [0.5, 0.6) is 0 Å². The Balaban J connectivity index is 2.00. The molecule has 2 aromatic rings. The molecular formula is C18H25NOS. The van der Waals surface area contributed by atoms with E-state index in [2.05, 4.69) is 35.8 Å². The summed E-state index contributed by atoms with van der Waals surface area (Å²) in [6.07, 6.45) is 6.11. The van der Waals surface area contributed by atoms with Crippen molar-refractivity contribution >= 4 is 27.3 Å². The number of hydrogen-bond acceptors (Lipinski definition) is 2. The van der Waals surface area contributed by atoms with Crippen molar-refractivity contribution in [1.29, 1.82) is 0 Å². The van der Waals surface area contributed by atoms with Crippen molar-refractivity contribution in [2.45, 2.75) is 52.4 Å². The van der Waals surface area contributed by atoms with Crippen molar-refractivity contribution in [2.24, 2.45) is 0 Å². The number of fused-ring (bicyclic) bond motifs is 1. The minimum Gasteiger partial charge on any atom is -0.356 e. The highest BCUT2D eigenvalue weighted by Gasteiger charge is 2.06. The molecule has 0 atom stereocenters. The van der Waals surface area contributed by atoms with Gasteiger partial charge in [-0.05, 0) is 53.6 Å². The van der Waals surface area contributed by atoms with Gasteiger partial charge in [-0.1, -0.05) is 32.4 Å². The molecule has 1 aromatic heterocycles. The van der Waals surface area contributed by atoms with E-state index in [4.69, 9.17) is 0 Å². The molecule has 0 unspecified atom stereocenters. The molecule has 0 aliphatic rings. The molecule has 114 valence electrons. The maximum atomic E-state index is 11.5. The van der Waals surface area contributed by atoms with E-state index in [9.17, 15) is 4.79 Å². The van der Waals surface area contributed by atoms with Crippen LogP contribution >= 0.6 is 11.3 Å². The van der Waals surface area contributed by atoms with Gasteiger partial charge in [0.1, 0.15) is 0 Å². The molecule has 1 amide bonds. The molecule has 0 spiro atoms. The number of rotatable bonds is 8. The molecule has 2 nitrogen and oxygen atoms in total. The first-order valence-corrected chi connectivity index (χ1v) is 8.88. The number of carbonyl (C=O) groups excluding carboxylic acids is 1. The third kappa shape index (κ3) is 4.57. The molecule has 0 aliphatic heterocycles. The van der Waals surface area contributed by atoms with Crippen molar-refractivity contribution in [3.05, 3.63) is 34.7 Å². The molecule has 1 aromatic carbocycles. The summed E-state index contributed by atoms with van der Waals surface area (Å²) in [6, 6.07) is 6.83. The molecule has 0 saturated carbocycles. The molecule has 3 heteroatoms. The SMILES string of the molecule is CCCCc1ccc2scc(CCNC(=O)CCC)c2c1. The Morgan fingerprint density at radius 1 is 1.19 bits per heavy atom. The Kier molecular flexibility index (Phi) is 6.24. The van der Waals surface area contributed by atoms with Crippen LogP contribution in [-0.4, -0.2) is 12.5 Å². The first-order valence-electron chi connectivity index (χ1n) is 8.00. The zero-order valence-corrected chi connectivity index (χ0v) is 13.9. The van der Waals surface area contributed by atoms with Gasteiger partial charge in [0.2, 0.25) is 5.91 Å². The van der Waals surface area contributed by atoms with E-state index in [1.54, 1.807) is 11.3 Å². The highest BCUT2D eigenvalue weighted by atomic mass is 32.1. The summed E-state index contributed by atoms with van der Waals surface area (Å²) in [6.45, 7) is 5.00. The number of hydrogen-bond donors (Lipinski definition) is 1. The van der Waals surface area contributed by atoms with E-state index in [1.165, 1.54) is 34.1 Å². The van der Waals surface area contributed by atoms with Crippen LogP contribution in [0.2, 0.25) is 0 Å². The van der Waals surface area contributed by atoms with E-state index in [1.807, 2.05) is 6.92 Å². The van der Waals surface area contributed by atoms with Gasteiger partial charge in [-0.3, -0.25) is 4.79 Å². The monoisotopic (exact) mass is 303 g/mol. The second-order valence-corrected chi connectivity index (χ2v) is 6.46. The minimum atomic E-state index is 0.167. The number of amides is 1. The Morgan fingerprint density at radius 3 is 2.81 bits per heavy atom. The van der Waals surface area contributed by atoms with Crippen molar-refractivity contribution in [2.75, 3.05) is 6.54 Å². The van der Waals surface area contributed by atoms with Gasteiger partial charge in [0.25, 0.3) is 0 Å². The van der Waals surface area contributed by atoms with Crippen molar-refractivity contribution in [3.8, 4) is 0 Å². The largest absolute Gasteiger partial charge is 0.356 e. The molecule has 0 aliphatic carbocycles. The van der Waals surface area contributed by atoms with Crippen LogP contribution in [-0.2, 0) is 17.6 Å². The van der Waals surface area contributed by atoms with Crippen LogP contribution in [0.3, 0.4) is 0 Å². The predicted molar refractivity (Wildman–Crippen MR) is 92.1 cm³/mol. The smallest absolute Gasteiger partial charge is 0.219 e. The number of nitrogens with one attached hydrogen (secondary N) is 1. The third-order valence-corrected chi connectivity index (χ3v) is 4.74. The summed E-state index contributed by atoms with van der Waals surface area (Å²) in [4.78, 5) is 11.5. The summed E-state index contributed by atoms with van der Waals surface area (Å²) in [5.41, 5.74) is 2.80. The summed E-state index contributed by atoms with van der Waals surface area (Å²) in [5, 5.41) is 6.61. The second kappa shape index (κ2) is 8.18. The maximum absolute atomic E-state index is 11.5. The summed E-state index contributed by atoms with van der Waals surface area (Å²) >= 11 is 1.80. The van der Waals surface area contributed by atoms with E-state index in [0.717, 1.165) is 25.8 Å². The second-order valence-electron chi connectivity index (χ2n) is 5.54. The van der Waals surface area contributed by atoms with E-state index in [0.29, 0.717) is 6.42 Å². The number of aryl methyl sites for hydroxylation is 1. The molecule has 1 N–H and O–H groups in total. The Morgan fingerprint density at radius 2 is 2.05 bits per heavy atom. The normalized spacial score (nSPS) is 11.0. The minimum absolute atomic E-state index is 0.167. The van der Waals surface area contributed by atoms with Gasteiger partial charge in [0.05, 0.1) is 0 Å². The predicted octanol–water partition coefficient (Wildman–Crippen LogP) is 4.70. The molecule has 21 heavy (non-hydrogen) atoms. The number of carbonyl (C=O) groups is 1. The average Bonchev–Trinajstić information content (AvgIpc) is 2.88. The fourth-order valence-corrected chi connectivity index (χ4v) is 3.49. The summed E-state index contributed by atoms with van der Waals surface area (Å²) in [5.74, 6) is 0.167. The molecule has 0 radical (unpaired) electrons. The van der Waals surface area contributed by atoms with E-state index in [-0.39, 0.29) is 5.91 Å². The number of unbranched alkanes of at least 4 members (excludes halogenated alkanes) is 1. The topological polar surface area (TPSA) is 29.1 Å². The lowest BCUT2D eigenvalue weighted by Gasteiger charge is -2.05. The van der Waals surface area contributed by atoms with E-state index < -0.39 is 0 Å². The zero-order valence-electron chi connectivity index (χ0n) is 13.1. The molecular weight excluding hydrogens is 278 g/mol. The summed E-state index contributed by atoms with van der Waals surface area (Å²) in [7, 11) is 0. The zero-order chi connectivity index (χ0) is 15.1. The molecule has 0 fully saturated rings. The lowest BCUT2D eigenvalue weighted by Crippen LogP contribution is -2.25. The molecule has 2 rings (SSSR count). The van der Waals surface area contributed by atoms with Crippen molar-refractivity contribution in [1.82, 2.24) is 5.32 Å². The molecule has 0 saturated heterocycles. The third-order valence-electron chi connectivity index (χ3n) is 3.73. The van der Waals surface area contributed by atoms with Crippen molar-refractivity contribution < 1.29 is 4.79 Å². The van der Waals surface area contributed by atoms with E-state index >= 15 is 0 Å². The van der Waals surface area contributed by atoms with Crippen LogP contribution < -0.4 is 5.32 Å². The maximum Gasteiger partial charge on any atom is 0.219 e. The van der Waals surface area contributed by atoms with Crippen LogP contribution in [0, 0.1) is 0 Å². The van der Waals surface area contributed by atoms with Gasteiger partial charge in [-0.25, -0.2) is 0 Å². The molecule has 0 bridgehead atoms. The van der Waals surface area contributed by atoms with Crippen LogP contribution in [0.1, 0.15) is 50.7 Å². The lowest BCUT2D eigenvalue weighted by atomic mass is 10.0. The highest BCUT2D eigenvalue weighted by molar-refractivity contribution is 7.17. The number of benzene rings is 1. The highest BCUT2D eigenvalue weighted by Crippen LogP contribution is 2.27. The fraction of sp³-hybridized carbons (Fsp3) is 0.500. The Bertz CT molecular complexity index is 588. The van der Waals surface area contributed by atoms with Gasteiger partial charge in [-0.15, -0.1) is 11.3 Å². The first kappa shape index (κ1) is 16.0. The standard InChI is InChI=1S/C18H25NOS/c1-3-5-7-14-8-9-17-16(12-14)15(13-21-17)10-11-19-18(20)6-4-2/h8-9,12-13H,3-7,10-11H2,1-2H3,(H,19,20). The van der Waals surface area contributed by atoms with Gasteiger partial charge >= 0.3 is 0 Å². The quantitative estimate of drug-likeness (QED) is 0.752. The molecule has 1 heterocycles. The van der Waals surface area contributed by atoms with Gasteiger partial charge in [0, 0.05) is 17.7 Å². The Hall–Kier alpha value is -1.35. The van der Waals surface area contributed by atoms with Crippen LogP contribution in [0.25, 0.3) is 10.1 Å². The van der Waals surface area contributed by atoms with Gasteiger partial charge < -0.3 is 5.32 Å². The Labute approximate surface area is 131 Å². The first-order chi connectivity index (χ1) is 10.2. The lowest BCUT2D eigenvalue weighted by molar-refractivity contribution is -0.121.